The van der Waals surface area contributed by atoms with Crippen LogP contribution in [0.2, 0.25) is 0 Å². The quantitative estimate of drug-likeness (QED) is 0.671. The van der Waals surface area contributed by atoms with Gasteiger partial charge in [-0.15, -0.1) is 11.8 Å². The number of benzene rings is 1. The molecule has 2 rings (SSSR count). The fourth-order valence-corrected chi connectivity index (χ4v) is 3.06. The van der Waals surface area contributed by atoms with Crippen LogP contribution in [0, 0.1) is 0 Å². The van der Waals surface area contributed by atoms with Crippen LogP contribution in [-0.2, 0) is 4.79 Å². The summed E-state index contributed by atoms with van der Waals surface area (Å²) in [5, 5.41) is 2.69. The van der Waals surface area contributed by atoms with Crippen molar-refractivity contribution in [3.05, 3.63) is 29.8 Å². The zero-order chi connectivity index (χ0) is 15.6. The minimum Gasteiger partial charge on any atom is -0.324 e. The summed E-state index contributed by atoms with van der Waals surface area (Å²) in [6.45, 7) is 8.23. The van der Waals surface area contributed by atoms with Gasteiger partial charge in [-0.05, 0) is 37.5 Å². The third-order valence-electron chi connectivity index (χ3n) is 3.57. The summed E-state index contributed by atoms with van der Waals surface area (Å²) in [6, 6.07) is 8.15. The van der Waals surface area contributed by atoms with Gasteiger partial charge in [-0.25, -0.2) is 4.79 Å². The van der Waals surface area contributed by atoms with Gasteiger partial charge in [0.1, 0.15) is 5.54 Å². The average molecular weight is 306 g/mol. The molecule has 1 aliphatic heterocycles. The highest BCUT2D eigenvalue weighted by atomic mass is 32.2. The van der Waals surface area contributed by atoms with Gasteiger partial charge in [-0.1, -0.05) is 26.0 Å². The summed E-state index contributed by atoms with van der Waals surface area (Å²) in [5.41, 5.74) is 0.538. The van der Waals surface area contributed by atoms with E-state index in [1.807, 2.05) is 0 Å². The maximum atomic E-state index is 12.0. The van der Waals surface area contributed by atoms with Crippen LogP contribution < -0.4 is 5.32 Å². The van der Waals surface area contributed by atoms with E-state index in [0.717, 1.165) is 4.90 Å². The van der Waals surface area contributed by atoms with Crippen LogP contribution in [0.4, 0.5) is 4.79 Å². The van der Waals surface area contributed by atoms with Crippen LogP contribution in [0.5, 0.6) is 0 Å². The second-order valence-electron chi connectivity index (χ2n) is 6.08. The third-order valence-corrected chi connectivity index (χ3v) is 4.57. The van der Waals surface area contributed by atoms with Crippen molar-refractivity contribution >= 4 is 23.7 Å². The Kier molecular flexibility index (Phi) is 4.61. The molecule has 3 amide bonds. The van der Waals surface area contributed by atoms with Gasteiger partial charge in [0.2, 0.25) is 0 Å². The molecule has 0 saturated carbocycles. The van der Waals surface area contributed by atoms with Gasteiger partial charge < -0.3 is 5.32 Å². The molecular weight excluding hydrogens is 284 g/mol. The second-order valence-corrected chi connectivity index (χ2v) is 7.25. The number of hydrogen-bond donors (Lipinski definition) is 1. The Hall–Kier alpha value is -1.49. The molecule has 1 aliphatic rings. The molecule has 0 radical (unpaired) electrons. The summed E-state index contributed by atoms with van der Waals surface area (Å²) < 4.78 is 0. The minimum absolute atomic E-state index is 0.150. The SMILES string of the molecule is CC(C)c1ccc(SCCN2C(=O)NC(C)(C)C2=O)cc1. The fourth-order valence-electron chi connectivity index (χ4n) is 2.22. The van der Waals surface area contributed by atoms with Crippen LogP contribution in [0.3, 0.4) is 0 Å². The number of thioether (sulfide) groups is 1. The summed E-state index contributed by atoms with van der Waals surface area (Å²) in [7, 11) is 0. The summed E-state index contributed by atoms with van der Waals surface area (Å²) in [4.78, 5) is 26.2. The zero-order valence-corrected chi connectivity index (χ0v) is 13.8. The van der Waals surface area contributed by atoms with Gasteiger partial charge in [0.25, 0.3) is 5.91 Å². The highest BCUT2D eigenvalue weighted by molar-refractivity contribution is 7.99. The molecule has 21 heavy (non-hydrogen) atoms. The topological polar surface area (TPSA) is 49.4 Å². The fraction of sp³-hybridized carbons (Fsp3) is 0.500. The Morgan fingerprint density at radius 3 is 2.29 bits per heavy atom. The van der Waals surface area contributed by atoms with Gasteiger partial charge >= 0.3 is 6.03 Å². The molecular formula is C16H22N2O2S. The van der Waals surface area contributed by atoms with Crippen molar-refractivity contribution in [2.75, 3.05) is 12.3 Å². The molecule has 0 spiro atoms. The summed E-state index contributed by atoms with van der Waals surface area (Å²) in [5.74, 6) is 1.08. The van der Waals surface area contributed by atoms with Crippen LogP contribution in [-0.4, -0.2) is 34.7 Å². The number of rotatable bonds is 5. The van der Waals surface area contributed by atoms with Crippen molar-refractivity contribution in [1.29, 1.82) is 0 Å². The third kappa shape index (κ3) is 3.59. The Morgan fingerprint density at radius 1 is 1.19 bits per heavy atom. The first-order valence-electron chi connectivity index (χ1n) is 7.18. The predicted octanol–water partition coefficient (Wildman–Crippen LogP) is 3.23. The number of imide groups is 1. The van der Waals surface area contributed by atoms with Gasteiger partial charge in [-0.3, -0.25) is 9.69 Å². The Bertz CT molecular complexity index is 538. The molecule has 114 valence electrons. The number of amides is 3. The van der Waals surface area contributed by atoms with E-state index in [9.17, 15) is 9.59 Å². The van der Waals surface area contributed by atoms with E-state index in [0.29, 0.717) is 18.2 Å². The highest BCUT2D eigenvalue weighted by Crippen LogP contribution is 2.23. The molecule has 1 saturated heterocycles. The normalized spacial score (nSPS) is 17.5. The molecule has 1 aromatic carbocycles. The Balaban J connectivity index is 1.87. The van der Waals surface area contributed by atoms with Gasteiger partial charge in [0.15, 0.2) is 0 Å². The average Bonchev–Trinajstić information content (AvgIpc) is 2.61. The van der Waals surface area contributed by atoms with E-state index in [2.05, 4.69) is 43.4 Å². The lowest BCUT2D eigenvalue weighted by molar-refractivity contribution is -0.130. The van der Waals surface area contributed by atoms with Crippen molar-refractivity contribution in [2.24, 2.45) is 0 Å². The largest absolute Gasteiger partial charge is 0.325 e. The molecule has 1 N–H and O–H groups in total. The van der Waals surface area contributed by atoms with Crippen molar-refractivity contribution in [2.45, 2.75) is 44.0 Å². The van der Waals surface area contributed by atoms with E-state index in [4.69, 9.17) is 0 Å². The maximum absolute atomic E-state index is 12.0. The second kappa shape index (κ2) is 6.10. The zero-order valence-electron chi connectivity index (χ0n) is 13.0. The lowest BCUT2D eigenvalue weighted by atomic mass is 10.0. The molecule has 0 unspecified atom stereocenters. The van der Waals surface area contributed by atoms with E-state index in [1.54, 1.807) is 25.6 Å². The van der Waals surface area contributed by atoms with Gasteiger partial charge in [0, 0.05) is 17.2 Å². The summed E-state index contributed by atoms with van der Waals surface area (Å²) in [6.07, 6.45) is 0. The first-order chi connectivity index (χ1) is 9.81. The molecule has 0 aromatic heterocycles. The van der Waals surface area contributed by atoms with Crippen LogP contribution >= 0.6 is 11.8 Å². The van der Waals surface area contributed by atoms with Crippen LogP contribution in [0.1, 0.15) is 39.2 Å². The maximum Gasteiger partial charge on any atom is 0.325 e. The standard InChI is InChI=1S/C16H22N2O2S/c1-11(2)12-5-7-13(8-6-12)21-10-9-18-14(19)16(3,4)17-15(18)20/h5-8,11H,9-10H2,1-4H3,(H,17,20). The number of nitrogens with one attached hydrogen (secondary N) is 1. The highest BCUT2D eigenvalue weighted by Gasteiger charge is 2.43. The molecule has 1 aromatic rings. The van der Waals surface area contributed by atoms with Crippen molar-refractivity contribution in [3.63, 3.8) is 0 Å². The first kappa shape index (κ1) is 15.9. The van der Waals surface area contributed by atoms with Crippen molar-refractivity contribution in [3.8, 4) is 0 Å². The van der Waals surface area contributed by atoms with E-state index in [1.165, 1.54) is 10.5 Å². The van der Waals surface area contributed by atoms with Crippen molar-refractivity contribution in [1.82, 2.24) is 10.2 Å². The predicted molar refractivity (Wildman–Crippen MR) is 85.6 cm³/mol. The number of nitrogens with zero attached hydrogens (tertiary/aromatic N) is 1. The number of carbonyl (C=O) groups is 2. The Labute approximate surface area is 130 Å². The lowest BCUT2D eigenvalue weighted by Crippen LogP contribution is -2.40. The van der Waals surface area contributed by atoms with Crippen molar-refractivity contribution < 1.29 is 9.59 Å². The first-order valence-corrected chi connectivity index (χ1v) is 8.16. The molecule has 4 nitrogen and oxygen atoms in total. The number of urea groups is 1. The monoisotopic (exact) mass is 306 g/mol. The van der Waals surface area contributed by atoms with Crippen LogP contribution in [0.15, 0.2) is 29.2 Å². The smallest absolute Gasteiger partial charge is 0.324 e. The van der Waals surface area contributed by atoms with E-state index < -0.39 is 5.54 Å². The minimum atomic E-state index is -0.777. The molecule has 1 fully saturated rings. The Morgan fingerprint density at radius 2 is 1.81 bits per heavy atom. The van der Waals surface area contributed by atoms with Gasteiger partial charge in [0.05, 0.1) is 0 Å². The lowest BCUT2D eigenvalue weighted by Gasteiger charge is -2.15. The molecule has 1 heterocycles. The van der Waals surface area contributed by atoms with E-state index in [-0.39, 0.29) is 11.9 Å². The summed E-state index contributed by atoms with van der Waals surface area (Å²) >= 11 is 1.66. The molecule has 0 aliphatic carbocycles. The molecule has 5 heteroatoms. The van der Waals surface area contributed by atoms with Crippen LogP contribution in [0.25, 0.3) is 0 Å². The number of hydrogen-bond acceptors (Lipinski definition) is 3. The molecule has 0 bridgehead atoms. The number of carbonyl (C=O) groups excluding carboxylic acids is 2. The van der Waals surface area contributed by atoms with Gasteiger partial charge in [-0.2, -0.15) is 0 Å². The van der Waals surface area contributed by atoms with E-state index >= 15 is 0 Å². The molecule has 0 atom stereocenters.